The third-order valence-electron chi connectivity index (χ3n) is 5.81. The minimum atomic E-state index is 0.468. The van der Waals surface area contributed by atoms with Crippen LogP contribution in [0.2, 0.25) is 0 Å². The highest BCUT2D eigenvalue weighted by Crippen LogP contribution is 2.43. The molecule has 0 spiro atoms. The Bertz CT molecular complexity index is 1400. The zero-order chi connectivity index (χ0) is 22.2. The van der Waals surface area contributed by atoms with E-state index in [4.69, 9.17) is 10.1 Å². The van der Waals surface area contributed by atoms with Gasteiger partial charge in [0, 0.05) is 24.9 Å². The molecule has 10 nitrogen and oxygen atoms in total. The number of aromatic nitrogens is 9. The Balaban J connectivity index is 1.33. The second-order valence-corrected chi connectivity index (χ2v) is 8.06. The predicted octanol–water partition coefficient (Wildman–Crippen LogP) is 3.21. The molecule has 0 aliphatic heterocycles. The van der Waals surface area contributed by atoms with Gasteiger partial charge in [-0.15, -0.1) is 10.2 Å². The standard InChI is InChI=1S/C23H22N10/c1-2-18-19(20(16-5-6-16)27-14-26-18)21-29-22(23-24-9-11-33(23)30-21)25-13-15-3-7-17(8-4-15)32-12-10-28-31-32/h3-4,7-12,14,16H,2,5-6,13H2,1H3,(H,25,29,30). The fourth-order valence-electron chi connectivity index (χ4n) is 3.97. The molecule has 1 aromatic carbocycles. The smallest absolute Gasteiger partial charge is 0.196 e. The molecule has 0 saturated heterocycles. The number of anilines is 1. The molecular weight excluding hydrogens is 416 g/mol. The van der Waals surface area contributed by atoms with Gasteiger partial charge in [-0.2, -0.15) is 0 Å². The molecule has 0 unspecified atom stereocenters. The normalized spacial score (nSPS) is 13.5. The van der Waals surface area contributed by atoms with Crippen molar-refractivity contribution in [3.63, 3.8) is 0 Å². The van der Waals surface area contributed by atoms with Crippen LogP contribution in [0.4, 0.5) is 5.82 Å². The van der Waals surface area contributed by atoms with E-state index < -0.39 is 0 Å². The number of nitrogens with zero attached hydrogens (tertiary/aromatic N) is 9. The van der Waals surface area contributed by atoms with Crippen LogP contribution in [0.3, 0.4) is 0 Å². The molecule has 1 fully saturated rings. The summed E-state index contributed by atoms with van der Waals surface area (Å²) in [4.78, 5) is 18.5. The molecule has 6 rings (SSSR count). The lowest BCUT2D eigenvalue weighted by Crippen LogP contribution is -2.10. The van der Waals surface area contributed by atoms with Crippen molar-refractivity contribution in [2.24, 2.45) is 0 Å². The number of hydrogen-bond acceptors (Lipinski definition) is 8. The Hall–Kier alpha value is -4.21. The molecule has 33 heavy (non-hydrogen) atoms. The second-order valence-electron chi connectivity index (χ2n) is 8.06. The zero-order valence-electron chi connectivity index (χ0n) is 18.1. The molecule has 0 atom stereocenters. The minimum absolute atomic E-state index is 0.468. The van der Waals surface area contributed by atoms with E-state index in [2.05, 4.69) is 49.6 Å². The molecule has 4 heterocycles. The lowest BCUT2D eigenvalue weighted by molar-refractivity contribution is 0.802. The SMILES string of the molecule is CCc1ncnc(C2CC2)c1-c1nc(NCc2ccc(-n3ccnn3)cc2)c2nccn2n1. The van der Waals surface area contributed by atoms with Gasteiger partial charge < -0.3 is 5.32 Å². The maximum absolute atomic E-state index is 4.89. The summed E-state index contributed by atoms with van der Waals surface area (Å²) in [5.74, 6) is 1.78. The van der Waals surface area contributed by atoms with E-state index in [9.17, 15) is 0 Å². The van der Waals surface area contributed by atoms with Crippen LogP contribution in [-0.4, -0.2) is 44.5 Å². The van der Waals surface area contributed by atoms with E-state index in [1.165, 1.54) is 0 Å². The average molecular weight is 438 g/mol. The van der Waals surface area contributed by atoms with Crippen LogP contribution in [0.15, 0.2) is 55.4 Å². The first-order valence-corrected chi connectivity index (χ1v) is 11.0. The quantitative estimate of drug-likeness (QED) is 0.412. The summed E-state index contributed by atoms with van der Waals surface area (Å²) in [6, 6.07) is 8.14. The Kier molecular flexibility index (Phi) is 4.75. The van der Waals surface area contributed by atoms with Crippen LogP contribution in [0, 0.1) is 0 Å². The van der Waals surface area contributed by atoms with E-state index in [0.29, 0.717) is 29.8 Å². The Morgan fingerprint density at radius 2 is 1.91 bits per heavy atom. The number of rotatable bonds is 7. The molecule has 0 bridgehead atoms. The van der Waals surface area contributed by atoms with Gasteiger partial charge in [-0.05, 0) is 37.0 Å². The number of benzene rings is 1. The Labute approximate surface area is 189 Å². The molecule has 1 aliphatic carbocycles. The van der Waals surface area contributed by atoms with E-state index in [0.717, 1.165) is 47.5 Å². The topological polar surface area (TPSA) is 112 Å². The van der Waals surface area contributed by atoms with Crippen molar-refractivity contribution >= 4 is 11.5 Å². The third kappa shape index (κ3) is 3.69. The first kappa shape index (κ1) is 19.5. The molecule has 0 amide bonds. The molecule has 1 N–H and O–H groups in total. The number of fused-ring (bicyclic) bond motifs is 1. The largest absolute Gasteiger partial charge is 0.363 e. The highest BCUT2D eigenvalue weighted by atomic mass is 15.4. The van der Waals surface area contributed by atoms with Crippen LogP contribution in [0.1, 0.15) is 42.6 Å². The molecule has 5 aromatic rings. The molecule has 4 aromatic heterocycles. The van der Waals surface area contributed by atoms with Crippen LogP contribution in [0.5, 0.6) is 0 Å². The number of imidazole rings is 1. The number of nitrogens with one attached hydrogen (secondary N) is 1. The van der Waals surface area contributed by atoms with Gasteiger partial charge in [0.2, 0.25) is 0 Å². The van der Waals surface area contributed by atoms with Gasteiger partial charge in [0.15, 0.2) is 17.3 Å². The molecule has 1 aliphatic rings. The van der Waals surface area contributed by atoms with E-state index >= 15 is 0 Å². The van der Waals surface area contributed by atoms with Crippen molar-refractivity contribution in [2.75, 3.05) is 5.32 Å². The summed E-state index contributed by atoms with van der Waals surface area (Å²) in [5, 5.41) is 16.1. The first-order chi connectivity index (χ1) is 16.3. The van der Waals surface area contributed by atoms with Crippen molar-refractivity contribution in [3.8, 4) is 17.1 Å². The number of aryl methyl sites for hydroxylation is 1. The van der Waals surface area contributed by atoms with Crippen molar-refractivity contribution in [3.05, 3.63) is 72.3 Å². The van der Waals surface area contributed by atoms with Crippen molar-refractivity contribution < 1.29 is 0 Å². The second kappa shape index (κ2) is 8.05. The fraction of sp³-hybridized carbons (Fsp3) is 0.261. The van der Waals surface area contributed by atoms with E-state index in [1.807, 2.05) is 24.5 Å². The summed E-state index contributed by atoms with van der Waals surface area (Å²) in [7, 11) is 0. The fourth-order valence-corrected chi connectivity index (χ4v) is 3.97. The molecule has 0 radical (unpaired) electrons. The maximum Gasteiger partial charge on any atom is 0.196 e. The summed E-state index contributed by atoms with van der Waals surface area (Å²) in [5.41, 5.74) is 5.73. The van der Waals surface area contributed by atoms with Crippen LogP contribution in [-0.2, 0) is 13.0 Å². The molecule has 164 valence electrons. The maximum atomic E-state index is 4.89. The zero-order valence-corrected chi connectivity index (χ0v) is 18.1. The van der Waals surface area contributed by atoms with Gasteiger partial charge in [-0.1, -0.05) is 24.3 Å². The molecule has 1 saturated carbocycles. The van der Waals surface area contributed by atoms with E-state index in [1.54, 1.807) is 27.9 Å². The van der Waals surface area contributed by atoms with Gasteiger partial charge in [0.25, 0.3) is 0 Å². The lowest BCUT2D eigenvalue weighted by atomic mass is 10.1. The third-order valence-corrected chi connectivity index (χ3v) is 5.81. The van der Waals surface area contributed by atoms with Crippen LogP contribution < -0.4 is 5.32 Å². The minimum Gasteiger partial charge on any atom is -0.363 e. The van der Waals surface area contributed by atoms with Gasteiger partial charge in [-0.3, -0.25) is 0 Å². The summed E-state index contributed by atoms with van der Waals surface area (Å²) in [6.07, 6.45) is 11.8. The highest BCUT2D eigenvalue weighted by Gasteiger charge is 2.31. The predicted molar refractivity (Wildman–Crippen MR) is 122 cm³/mol. The number of hydrogen-bond donors (Lipinski definition) is 1. The summed E-state index contributed by atoms with van der Waals surface area (Å²) < 4.78 is 3.49. The Morgan fingerprint density at radius 1 is 1.03 bits per heavy atom. The summed E-state index contributed by atoms with van der Waals surface area (Å²) >= 11 is 0. The molecule has 10 heteroatoms. The van der Waals surface area contributed by atoms with Crippen LogP contribution in [0.25, 0.3) is 22.7 Å². The van der Waals surface area contributed by atoms with E-state index in [-0.39, 0.29) is 0 Å². The Morgan fingerprint density at radius 3 is 2.67 bits per heavy atom. The summed E-state index contributed by atoms with van der Waals surface area (Å²) in [6.45, 7) is 2.69. The highest BCUT2D eigenvalue weighted by molar-refractivity contribution is 5.69. The van der Waals surface area contributed by atoms with Gasteiger partial charge in [0.05, 0.1) is 35.0 Å². The van der Waals surface area contributed by atoms with Gasteiger partial charge in [0.1, 0.15) is 6.33 Å². The monoisotopic (exact) mass is 438 g/mol. The van der Waals surface area contributed by atoms with Crippen molar-refractivity contribution in [1.29, 1.82) is 0 Å². The van der Waals surface area contributed by atoms with Crippen molar-refractivity contribution in [1.82, 2.24) is 44.5 Å². The average Bonchev–Trinajstić information content (AvgIpc) is 3.34. The first-order valence-electron chi connectivity index (χ1n) is 11.0. The van der Waals surface area contributed by atoms with Crippen LogP contribution >= 0.6 is 0 Å². The van der Waals surface area contributed by atoms with Gasteiger partial charge in [-0.25, -0.2) is 29.1 Å². The molecular formula is C23H22N10. The van der Waals surface area contributed by atoms with Crippen molar-refractivity contribution in [2.45, 2.75) is 38.6 Å². The lowest BCUT2D eigenvalue weighted by Gasteiger charge is -2.13. The van der Waals surface area contributed by atoms with Gasteiger partial charge >= 0.3 is 0 Å².